The number of carbonyl (C=O) groups excluding carboxylic acids is 1. The maximum atomic E-state index is 11.4. The Morgan fingerprint density at radius 1 is 1.42 bits per heavy atom. The molecule has 70 valence electrons. The molecule has 0 spiro atoms. The third kappa shape index (κ3) is 2.17. The van der Waals surface area contributed by atoms with Crippen molar-refractivity contribution >= 4 is 13.4 Å². The molecule has 5 nitrogen and oxygen atoms in total. The molecule has 0 heterocycles. The van der Waals surface area contributed by atoms with E-state index in [0.29, 0.717) is 6.26 Å². The summed E-state index contributed by atoms with van der Waals surface area (Å²) in [7, 11) is -1.31. The molecule has 0 atom stereocenters. The second kappa shape index (κ2) is 4.40. The maximum Gasteiger partial charge on any atom is 0.367 e. The van der Waals surface area contributed by atoms with Crippen LogP contribution in [0.2, 0.25) is 0 Å². The molecule has 0 fully saturated rings. The summed E-state index contributed by atoms with van der Waals surface area (Å²) >= 11 is 0. The van der Waals surface area contributed by atoms with Gasteiger partial charge in [0.2, 0.25) is 0 Å². The molecule has 0 saturated heterocycles. The van der Waals surface area contributed by atoms with Gasteiger partial charge in [0, 0.05) is 14.2 Å². The molecule has 0 radical (unpaired) electrons. The molecular weight excluding hydrogens is 183 g/mol. The minimum Gasteiger partial charge on any atom is -0.514 e. The van der Waals surface area contributed by atoms with Crippen LogP contribution in [0.1, 0.15) is 6.92 Å². The fourth-order valence-corrected chi connectivity index (χ4v) is 1.70. The van der Waals surface area contributed by atoms with Crippen LogP contribution >= 0.6 is 7.60 Å². The first kappa shape index (κ1) is 11.4. The molecule has 0 aliphatic rings. The zero-order chi connectivity index (χ0) is 9.78. The molecule has 12 heavy (non-hydrogen) atoms. The monoisotopic (exact) mass is 194 g/mol. The SMILES string of the molecule is COP(=O)(OC)C(=CO)C(C)=O. The van der Waals surface area contributed by atoms with E-state index in [1.165, 1.54) is 0 Å². The Balaban J connectivity index is 4.97. The van der Waals surface area contributed by atoms with Gasteiger partial charge in [-0.3, -0.25) is 9.36 Å². The predicted molar refractivity (Wildman–Crippen MR) is 43.0 cm³/mol. The lowest BCUT2D eigenvalue weighted by molar-refractivity contribution is -0.113. The highest BCUT2D eigenvalue weighted by Crippen LogP contribution is 2.54. The molecule has 0 aromatic heterocycles. The van der Waals surface area contributed by atoms with Gasteiger partial charge in [-0.25, -0.2) is 0 Å². The Morgan fingerprint density at radius 3 is 1.92 bits per heavy atom. The molecule has 0 amide bonds. The number of hydrogen-bond donors (Lipinski definition) is 1. The molecule has 6 heteroatoms. The Kier molecular flexibility index (Phi) is 4.17. The van der Waals surface area contributed by atoms with E-state index in [9.17, 15) is 9.36 Å². The number of allylic oxidation sites excluding steroid dienone is 1. The second-order valence-corrected chi connectivity index (χ2v) is 4.14. The minimum atomic E-state index is -3.59. The third-order valence-corrected chi connectivity index (χ3v) is 3.24. The largest absolute Gasteiger partial charge is 0.514 e. The van der Waals surface area contributed by atoms with Gasteiger partial charge >= 0.3 is 7.60 Å². The molecule has 0 unspecified atom stereocenters. The van der Waals surface area contributed by atoms with Gasteiger partial charge in [-0.2, -0.15) is 0 Å². The van der Waals surface area contributed by atoms with Crippen LogP contribution in [0.15, 0.2) is 11.6 Å². The summed E-state index contributed by atoms with van der Waals surface area (Å²) in [4.78, 5) is 10.8. The second-order valence-electron chi connectivity index (χ2n) is 1.93. The van der Waals surface area contributed by atoms with Crippen LogP contribution in [-0.4, -0.2) is 25.1 Å². The topological polar surface area (TPSA) is 72.8 Å². The third-order valence-electron chi connectivity index (χ3n) is 1.26. The Hall–Kier alpha value is -0.640. The Labute approximate surface area is 70.5 Å². The van der Waals surface area contributed by atoms with Gasteiger partial charge in [-0.05, 0) is 6.92 Å². The average Bonchev–Trinajstić information content (AvgIpc) is 2.04. The van der Waals surface area contributed by atoms with E-state index in [1.54, 1.807) is 0 Å². The van der Waals surface area contributed by atoms with Crippen molar-refractivity contribution in [3.05, 3.63) is 11.6 Å². The van der Waals surface area contributed by atoms with Crippen molar-refractivity contribution in [2.24, 2.45) is 0 Å². The van der Waals surface area contributed by atoms with E-state index >= 15 is 0 Å². The lowest BCUT2D eigenvalue weighted by Gasteiger charge is -2.13. The summed E-state index contributed by atoms with van der Waals surface area (Å²) < 4.78 is 20.4. The highest BCUT2D eigenvalue weighted by molar-refractivity contribution is 7.59. The zero-order valence-electron chi connectivity index (χ0n) is 7.10. The van der Waals surface area contributed by atoms with Gasteiger partial charge in [0.25, 0.3) is 0 Å². The quantitative estimate of drug-likeness (QED) is 0.416. The van der Waals surface area contributed by atoms with E-state index in [0.717, 1.165) is 21.1 Å². The summed E-state index contributed by atoms with van der Waals surface area (Å²) in [6.45, 7) is 1.16. The molecule has 0 aliphatic heterocycles. The van der Waals surface area contributed by atoms with Crippen LogP contribution in [0.3, 0.4) is 0 Å². The summed E-state index contributed by atoms with van der Waals surface area (Å²) in [5, 5.41) is 8.23. The summed E-state index contributed by atoms with van der Waals surface area (Å²) in [6.07, 6.45) is 0.441. The van der Waals surface area contributed by atoms with Gasteiger partial charge in [-0.1, -0.05) is 0 Å². The first-order valence-electron chi connectivity index (χ1n) is 3.09. The summed E-state index contributed by atoms with van der Waals surface area (Å²) in [5.74, 6) is -0.551. The molecule has 0 aromatic rings. The van der Waals surface area contributed by atoms with Crippen molar-refractivity contribution in [1.29, 1.82) is 0 Å². The summed E-state index contributed by atoms with van der Waals surface area (Å²) in [6, 6.07) is 0. The van der Waals surface area contributed by atoms with Crippen LogP contribution in [0, 0.1) is 0 Å². The lowest BCUT2D eigenvalue weighted by atomic mass is 10.4. The number of hydrogen-bond acceptors (Lipinski definition) is 5. The van der Waals surface area contributed by atoms with Crippen molar-refractivity contribution in [2.45, 2.75) is 6.92 Å². The molecule has 0 saturated carbocycles. The highest BCUT2D eigenvalue weighted by atomic mass is 31.2. The van der Waals surface area contributed by atoms with Gasteiger partial charge in [0.1, 0.15) is 5.31 Å². The first-order chi connectivity index (χ1) is 5.51. The normalized spacial score (nSPS) is 13.1. The van der Waals surface area contributed by atoms with Crippen molar-refractivity contribution in [1.82, 2.24) is 0 Å². The zero-order valence-corrected chi connectivity index (χ0v) is 8.00. The van der Waals surface area contributed by atoms with Gasteiger partial charge in [0.15, 0.2) is 5.78 Å². The number of aliphatic hydroxyl groups is 1. The standard InChI is InChI=1S/C6H11O5P/c1-5(8)6(4-7)12(9,10-2)11-3/h4,7H,1-3H3. The van der Waals surface area contributed by atoms with Crippen LogP contribution in [0.4, 0.5) is 0 Å². The first-order valence-corrected chi connectivity index (χ1v) is 4.63. The van der Waals surface area contributed by atoms with Crippen molar-refractivity contribution < 1.29 is 23.5 Å². The van der Waals surface area contributed by atoms with Crippen LogP contribution in [0.5, 0.6) is 0 Å². The average molecular weight is 194 g/mol. The van der Waals surface area contributed by atoms with Crippen molar-refractivity contribution in [3.63, 3.8) is 0 Å². The molecular formula is C6H11O5P. The maximum absolute atomic E-state index is 11.4. The molecule has 0 bridgehead atoms. The van der Waals surface area contributed by atoms with Gasteiger partial charge in [0.05, 0.1) is 6.26 Å². The summed E-state index contributed by atoms with van der Waals surface area (Å²) in [5.41, 5.74) is 0. The van der Waals surface area contributed by atoms with E-state index in [2.05, 4.69) is 9.05 Å². The number of ketones is 1. The Morgan fingerprint density at radius 2 is 1.83 bits per heavy atom. The Bertz CT molecular complexity index is 236. The van der Waals surface area contributed by atoms with Crippen LogP contribution in [-0.2, 0) is 18.4 Å². The minimum absolute atomic E-state index is 0.354. The number of rotatable bonds is 4. The van der Waals surface area contributed by atoms with Crippen LogP contribution < -0.4 is 0 Å². The molecule has 0 aromatic carbocycles. The fraction of sp³-hybridized carbons (Fsp3) is 0.500. The highest BCUT2D eigenvalue weighted by Gasteiger charge is 2.31. The number of aliphatic hydroxyl groups excluding tert-OH is 1. The van der Waals surface area contributed by atoms with E-state index in [1.807, 2.05) is 0 Å². The number of carbonyl (C=O) groups is 1. The smallest absolute Gasteiger partial charge is 0.367 e. The number of Topliss-reactive ketones (excluding diaryl/α,β-unsaturated/α-hetero) is 1. The van der Waals surface area contributed by atoms with E-state index in [-0.39, 0.29) is 5.31 Å². The van der Waals surface area contributed by atoms with Gasteiger partial charge < -0.3 is 14.2 Å². The molecule has 1 N–H and O–H groups in total. The van der Waals surface area contributed by atoms with Crippen molar-refractivity contribution in [3.8, 4) is 0 Å². The molecule has 0 aliphatic carbocycles. The van der Waals surface area contributed by atoms with E-state index < -0.39 is 13.4 Å². The van der Waals surface area contributed by atoms with Gasteiger partial charge in [-0.15, -0.1) is 0 Å². The van der Waals surface area contributed by atoms with Crippen molar-refractivity contribution in [2.75, 3.05) is 14.2 Å². The fourth-order valence-electron chi connectivity index (χ4n) is 0.626. The molecule has 0 rings (SSSR count). The van der Waals surface area contributed by atoms with E-state index in [4.69, 9.17) is 5.11 Å². The van der Waals surface area contributed by atoms with Crippen LogP contribution in [0.25, 0.3) is 0 Å². The lowest BCUT2D eigenvalue weighted by Crippen LogP contribution is -2.01. The predicted octanol–water partition coefficient (Wildman–Crippen LogP) is 1.46.